The van der Waals surface area contributed by atoms with Crippen LogP contribution in [0.25, 0.3) is 0 Å². The molecule has 1 unspecified atom stereocenters. The summed E-state index contributed by atoms with van der Waals surface area (Å²) in [5.41, 5.74) is 5.01. The van der Waals surface area contributed by atoms with E-state index in [1.165, 1.54) is 6.66 Å². The van der Waals surface area contributed by atoms with Crippen molar-refractivity contribution in [2.24, 2.45) is 5.73 Å². The van der Waals surface area contributed by atoms with Crippen molar-refractivity contribution < 1.29 is 19.0 Å². The van der Waals surface area contributed by atoms with Gasteiger partial charge in [-0.1, -0.05) is 0 Å². The molecule has 0 aromatic rings. The molecule has 0 rings (SSSR count). The van der Waals surface area contributed by atoms with Crippen LogP contribution in [0.4, 0.5) is 0 Å². The molecule has 0 heterocycles. The zero-order valence-corrected chi connectivity index (χ0v) is 6.38. The second-order valence-corrected chi connectivity index (χ2v) is 2.82. The summed E-state index contributed by atoms with van der Waals surface area (Å²) in [6, 6.07) is -1.08. The molecule has 0 saturated heterocycles. The standard InChI is InChI=1S/C4H8NO4P/c1-10(8)9-2-3(5)4(6)7/h3H,2,5H2,1H3/p+1/t3-/m0/s1. The summed E-state index contributed by atoms with van der Waals surface area (Å²) in [7, 11) is -1.75. The molecule has 6 heteroatoms. The summed E-state index contributed by atoms with van der Waals surface area (Å²) >= 11 is 0. The second kappa shape index (κ2) is 4.33. The largest absolute Gasteiger partial charge is 0.504 e. The number of carboxylic acids is 1. The van der Waals surface area contributed by atoms with Crippen LogP contribution < -0.4 is 5.73 Å². The zero-order valence-electron chi connectivity index (χ0n) is 5.48. The average Bonchev–Trinajstić information content (AvgIpc) is 1.82. The van der Waals surface area contributed by atoms with Gasteiger partial charge in [0.05, 0.1) is 0 Å². The fourth-order valence-electron chi connectivity index (χ4n) is 0.257. The van der Waals surface area contributed by atoms with Crippen LogP contribution in [-0.4, -0.2) is 30.4 Å². The second-order valence-electron chi connectivity index (χ2n) is 1.68. The Balaban J connectivity index is 3.49. The Hall–Kier alpha value is -0.510. The van der Waals surface area contributed by atoms with E-state index in [4.69, 9.17) is 10.8 Å². The van der Waals surface area contributed by atoms with Gasteiger partial charge in [-0.3, -0.25) is 4.79 Å². The van der Waals surface area contributed by atoms with Gasteiger partial charge >= 0.3 is 14.0 Å². The molecular formula is C4H9NO4P+. The number of carbonyl (C=O) groups is 1. The maximum Gasteiger partial charge on any atom is 0.504 e. The first-order valence-electron chi connectivity index (χ1n) is 2.56. The Morgan fingerprint density at radius 2 is 2.40 bits per heavy atom. The van der Waals surface area contributed by atoms with E-state index >= 15 is 0 Å². The predicted molar refractivity (Wildman–Crippen MR) is 35.1 cm³/mol. The van der Waals surface area contributed by atoms with Crippen LogP contribution in [0.1, 0.15) is 0 Å². The summed E-state index contributed by atoms with van der Waals surface area (Å²) in [6.07, 6.45) is 0. The molecule has 0 spiro atoms. The SMILES string of the molecule is C[P+](=O)OC[C@H](N)C(=O)O. The molecular weight excluding hydrogens is 157 g/mol. The maximum atomic E-state index is 10.2. The zero-order chi connectivity index (χ0) is 8.15. The van der Waals surface area contributed by atoms with Gasteiger partial charge in [-0.25, -0.2) is 0 Å². The normalized spacial score (nSPS) is 14.4. The van der Waals surface area contributed by atoms with Crippen LogP contribution in [0, 0.1) is 0 Å². The molecule has 0 amide bonds. The van der Waals surface area contributed by atoms with Crippen LogP contribution in [0.15, 0.2) is 0 Å². The van der Waals surface area contributed by atoms with E-state index < -0.39 is 20.0 Å². The molecule has 0 fully saturated rings. The summed E-state index contributed by atoms with van der Waals surface area (Å²) in [4.78, 5) is 10.0. The third kappa shape index (κ3) is 4.38. The minimum absolute atomic E-state index is 0.207. The van der Waals surface area contributed by atoms with Gasteiger partial charge < -0.3 is 10.8 Å². The highest BCUT2D eigenvalue weighted by Gasteiger charge is 2.16. The fourth-order valence-corrected chi connectivity index (χ4v) is 0.627. The highest BCUT2D eigenvalue weighted by molar-refractivity contribution is 7.38. The lowest BCUT2D eigenvalue weighted by molar-refractivity contribution is -0.139. The molecule has 0 aromatic heterocycles. The van der Waals surface area contributed by atoms with Gasteiger partial charge in [-0.2, -0.15) is 0 Å². The predicted octanol–water partition coefficient (Wildman–Crippen LogP) is -0.213. The smallest absolute Gasteiger partial charge is 0.480 e. The van der Waals surface area contributed by atoms with Crippen molar-refractivity contribution in [3.63, 3.8) is 0 Å². The lowest BCUT2D eigenvalue weighted by atomic mass is 10.3. The molecule has 0 aliphatic rings. The van der Waals surface area contributed by atoms with Crippen molar-refractivity contribution in [1.82, 2.24) is 0 Å². The first kappa shape index (κ1) is 9.49. The van der Waals surface area contributed by atoms with Gasteiger partial charge in [0.25, 0.3) is 0 Å². The first-order chi connectivity index (χ1) is 4.54. The topological polar surface area (TPSA) is 89.6 Å². The van der Waals surface area contributed by atoms with Crippen LogP contribution in [0.2, 0.25) is 0 Å². The molecule has 58 valence electrons. The van der Waals surface area contributed by atoms with E-state index in [9.17, 15) is 9.36 Å². The summed E-state index contributed by atoms with van der Waals surface area (Å²) in [5.74, 6) is -1.16. The van der Waals surface area contributed by atoms with Gasteiger partial charge in [-0.15, -0.1) is 4.52 Å². The molecule has 10 heavy (non-hydrogen) atoms. The average molecular weight is 166 g/mol. The summed E-state index contributed by atoms with van der Waals surface area (Å²) < 4.78 is 14.7. The van der Waals surface area contributed by atoms with Crippen molar-refractivity contribution in [2.45, 2.75) is 6.04 Å². The molecule has 0 saturated carbocycles. The van der Waals surface area contributed by atoms with Gasteiger partial charge in [0.2, 0.25) is 0 Å². The van der Waals surface area contributed by atoms with Crippen LogP contribution in [-0.2, 0) is 13.9 Å². The third-order valence-corrected chi connectivity index (χ3v) is 1.27. The Morgan fingerprint density at radius 3 is 2.70 bits per heavy atom. The van der Waals surface area contributed by atoms with Crippen molar-refractivity contribution in [2.75, 3.05) is 13.3 Å². The van der Waals surface area contributed by atoms with E-state index in [1.54, 1.807) is 0 Å². The number of rotatable bonds is 4. The number of hydrogen-bond acceptors (Lipinski definition) is 4. The highest BCUT2D eigenvalue weighted by Crippen LogP contribution is 2.14. The molecule has 0 aliphatic heterocycles. The highest BCUT2D eigenvalue weighted by atomic mass is 31.1. The van der Waals surface area contributed by atoms with E-state index in [2.05, 4.69) is 4.52 Å². The van der Waals surface area contributed by atoms with Crippen LogP contribution in [0.5, 0.6) is 0 Å². The lowest BCUT2D eigenvalue weighted by Gasteiger charge is -1.98. The number of carboxylic acid groups (broad SMARTS) is 1. The van der Waals surface area contributed by atoms with Crippen molar-refractivity contribution in [3.05, 3.63) is 0 Å². The number of aliphatic carboxylic acids is 1. The maximum absolute atomic E-state index is 10.2. The van der Waals surface area contributed by atoms with Crippen molar-refractivity contribution in [1.29, 1.82) is 0 Å². The van der Waals surface area contributed by atoms with E-state index in [0.29, 0.717) is 0 Å². The Labute approximate surface area is 59.0 Å². The third-order valence-electron chi connectivity index (χ3n) is 0.753. The van der Waals surface area contributed by atoms with Crippen LogP contribution in [0.3, 0.4) is 0 Å². The Morgan fingerprint density at radius 1 is 1.90 bits per heavy atom. The van der Waals surface area contributed by atoms with Crippen molar-refractivity contribution >= 4 is 14.0 Å². The lowest BCUT2D eigenvalue weighted by Crippen LogP contribution is -2.34. The van der Waals surface area contributed by atoms with Gasteiger partial charge in [0, 0.05) is 0 Å². The van der Waals surface area contributed by atoms with E-state index in [0.717, 1.165) is 0 Å². The monoisotopic (exact) mass is 166 g/mol. The number of nitrogens with two attached hydrogens (primary N) is 1. The van der Waals surface area contributed by atoms with Gasteiger partial charge in [-0.05, 0) is 4.57 Å². The van der Waals surface area contributed by atoms with Crippen molar-refractivity contribution in [3.8, 4) is 0 Å². The molecule has 2 atom stereocenters. The molecule has 0 aromatic carbocycles. The number of hydrogen-bond donors (Lipinski definition) is 2. The molecule has 3 N–H and O–H groups in total. The van der Waals surface area contributed by atoms with Crippen LogP contribution >= 0.6 is 8.03 Å². The Kier molecular flexibility index (Phi) is 4.11. The van der Waals surface area contributed by atoms with Gasteiger partial charge in [0.15, 0.2) is 6.66 Å². The van der Waals surface area contributed by atoms with Gasteiger partial charge in [0.1, 0.15) is 12.6 Å². The molecule has 5 nitrogen and oxygen atoms in total. The quantitative estimate of drug-likeness (QED) is 0.564. The summed E-state index contributed by atoms with van der Waals surface area (Å²) in [6.45, 7) is 1.13. The Bertz CT molecular complexity index is 148. The molecule has 0 aliphatic carbocycles. The summed E-state index contributed by atoms with van der Waals surface area (Å²) in [5, 5.41) is 8.20. The molecule has 0 bridgehead atoms. The minimum Gasteiger partial charge on any atom is -0.480 e. The van der Waals surface area contributed by atoms with E-state index in [-0.39, 0.29) is 6.61 Å². The first-order valence-corrected chi connectivity index (χ1v) is 4.18. The fraction of sp³-hybridized carbons (Fsp3) is 0.750. The molecule has 0 radical (unpaired) electrons. The minimum atomic E-state index is -1.75. The van der Waals surface area contributed by atoms with E-state index in [1.807, 2.05) is 0 Å².